The Hall–Kier alpha value is -1.14. The number of anilines is 1. The summed E-state index contributed by atoms with van der Waals surface area (Å²) < 4.78 is 0. The molecule has 1 saturated heterocycles. The molecule has 100 valence electrons. The van der Waals surface area contributed by atoms with Gasteiger partial charge in [-0.15, -0.1) is 0 Å². The highest BCUT2D eigenvalue weighted by Gasteiger charge is 2.22. The van der Waals surface area contributed by atoms with Gasteiger partial charge in [-0.2, -0.15) is 0 Å². The Kier molecular flexibility index (Phi) is 4.19. The Balaban J connectivity index is 1.90. The first-order valence-corrected chi connectivity index (χ1v) is 6.96. The molecule has 0 spiro atoms. The van der Waals surface area contributed by atoms with E-state index in [0.717, 1.165) is 43.5 Å². The number of hydrogen-bond donors (Lipinski definition) is 1. The zero-order chi connectivity index (χ0) is 13.1. The van der Waals surface area contributed by atoms with Gasteiger partial charge in [-0.05, 0) is 32.9 Å². The summed E-state index contributed by atoms with van der Waals surface area (Å²) in [7, 11) is 4.21. The Morgan fingerprint density at radius 1 is 1.56 bits per heavy atom. The van der Waals surface area contributed by atoms with Gasteiger partial charge >= 0.3 is 5.97 Å². The van der Waals surface area contributed by atoms with Crippen molar-refractivity contribution in [2.75, 3.05) is 38.6 Å². The van der Waals surface area contributed by atoms with Crippen LogP contribution in [0.5, 0.6) is 0 Å². The molecule has 2 rings (SSSR count). The van der Waals surface area contributed by atoms with Gasteiger partial charge in [-0.25, -0.2) is 9.78 Å². The molecule has 1 aliphatic rings. The lowest BCUT2D eigenvalue weighted by molar-refractivity contribution is 0.0702. The van der Waals surface area contributed by atoms with Gasteiger partial charge in [-0.3, -0.25) is 0 Å². The van der Waals surface area contributed by atoms with Crippen LogP contribution >= 0.6 is 11.3 Å². The highest BCUT2D eigenvalue weighted by atomic mass is 32.1. The maximum Gasteiger partial charge on any atom is 0.347 e. The van der Waals surface area contributed by atoms with Crippen molar-refractivity contribution in [1.29, 1.82) is 0 Å². The molecule has 0 radical (unpaired) electrons. The SMILES string of the molecule is CN(C)CC1CCN(c2ncc(C(=O)O)s2)CC1. The van der Waals surface area contributed by atoms with E-state index in [1.165, 1.54) is 17.5 Å². The smallest absolute Gasteiger partial charge is 0.347 e. The average molecular weight is 269 g/mol. The third kappa shape index (κ3) is 3.20. The molecule has 0 aromatic carbocycles. The van der Waals surface area contributed by atoms with Crippen LogP contribution in [0.3, 0.4) is 0 Å². The molecule has 1 fully saturated rings. The molecule has 1 aromatic heterocycles. The number of nitrogens with zero attached hydrogens (tertiary/aromatic N) is 3. The molecule has 0 aliphatic carbocycles. The number of rotatable bonds is 4. The van der Waals surface area contributed by atoms with Gasteiger partial charge in [0, 0.05) is 19.6 Å². The number of hydrogen-bond acceptors (Lipinski definition) is 5. The van der Waals surface area contributed by atoms with E-state index in [0.29, 0.717) is 4.88 Å². The largest absolute Gasteiger partial charge is 0.477 e. The molecule has 0 unspecified atom stereocenters. The van der Waals surface area contributed by atoms with Gasteiger partial charge < -0.3 is 14.9 Å². The third-order valence-electron chi connectivity index (χ3n) is 3.21. The van der Waals surface area contributed by atoms with Crippen molar-refractivity contribution in [2.24, 2.45) is 5.92 Å². The van der Waals surface area contributed by atoms with E-state index in [1.54, 1.807) is 0 Å². The molecule has 1 aromatic rings. The van der Waals surface area contributed by atoms with Crippen molar-refractivity contribution in [3.63, 3.8) is 0 Å². The summed E-state index contributed by atoms with van der Waals surface area (Å²) >= 11 is 1.27. The predicted molar refractivity (Wildman–Crippen MR) is 72.6 cm³/mol. The summed E-state index contributed by atoms with van der Waals surface area (Å²) in [6, 6.07) is 0. The molecule has 6 heteroatoms. The molecule has 1 N–H and O–H groups in total. The van der Waals surface area contributed by atoms with E-state index in [-0.39, 0.29) is 0 Å². The molecule has 5 nitrogen and oxygen atoms in total. The summed E-state index contributed by atoms with van der Waals surface area (Å²) in [5.41, 5.74) is 0. The second-order valence-electron chi connectivity index (χ2n) is 5.00. The third-order valence-corrected chi connectivity index (χ3v) is 4.26. The van der Waals surface area contributed by atoms with Crippen LogP contribution in [0.25, 0.3) is 0 Å². The molecule has 0 saturated carbocycles. The number of thiazole rings is 1. The first-order chi connectivity index (χ1) is 8.56. The minimum atomic E-state index is -0.888. The molecular weight excluding hydrogens is 250 g/mol. The summed E-state index contributed by atoms with van der Waals surface area (Å²) in [6.45, 7) is 3.09. The van der Waals surface area contributed by atoms with E-state index in [2.05, 4.69) is 28.9 Å². The molecule has 0 bridgehead atoms. The van der Waals surface area contributed by atoms with Crippen LogP contribution in [-0.2, 0) is 0 Å². The van der Waals surface area contributed by atoms with Crippen molar-refractivity contribution in [3.05, 3.63) is 11.1 Å². The fourth-order valence-electron chi connectivity index (χ4n) is 2.33. The van der Waals surface area contributed by atoms with Gasteiger partial charge in [0.1, 0.15) is 4.88 Å². The van der Waals surface area contributed by atoms with Gasteiger partial charge in [0.2, 0.25) is 0 Å². The topological polar surface area (TPSA) is 56.7 Å². The number of carboxylic acids is 1. The van der Waals surface area contributed by atoms with Crippen molar-refractivity contribution in [3.8, 4) is 0 Å². The second kappa shape index (κ2) is 5.67. The van der Waals surface area contributed by atoms with E-state index in [4.69, 9.17) is 5.11 Å². The fourth-order valence-corrected chi connectivity index (χ4v) is 3.14. The van der Waals surface area contributed by atoms with Crippen LogP contribution in [0.1, 0.15) is 22.5 Å². The van der Waals surface area contributed by atoms with Gasteiger partial charge in [0.05, 0.1) is 6.20 Å². The summed E-state index contributed by atoms with van der Waals surface area (Å²) in [4.78, 5) is 19.8. The van der Waals surface area contributed by atoms with E-state index >= 15 is 0 Å². The van der Waals surface area contributed by atoms with E-state index < -0.39 is 5.97 Å². The number of carbonyl (C=O) groups is 1. The van der Waals surface area contributed by atoms with Crippen LogP contribution in [0.2, 0.25) is 0 Å². The van der Waals surface area contributed by atoms with Gasteiger partial charge in [0.15, 0.2) is 5.13 Å². The van der Waals surface area contributed by atoms with Crippen molar-refractivity contribution < 1.29 is 9.90 Å². The average Bonchev–Trinajstić information content (AvgIpc) is 2.78. The second-order valence-corrected chi connectivity index (χ2v) is 6.01. The van der Waals surface area contributed by atoms with Crippen molar-refractivity contribution in [2.45, 2.75) is 12.8 Å². The highest BCUT2D eigenvalue weighted by molar-refractivity contribution is 7.17. The Bertz CT molecular complexity index is 411. The Morgan fingerprint density at radius 2 is 2.22 bits per heavy atom. The van der Waals surface area contributed by atoms with Crippen LogP contribution < -0.4 is 4.90 Å². The van der Waals surface area contributed by atoms with Crippen LogP contribution in [-0.4, -0.2) is 54.7 Å². The van der Waals surface area contributed by atoms with E-state index in [9.17, 15) is 4.79 Å². The maximum absolute atomic E-state index is 10.8. The number of aromatic carboxylic acids is 1. The normalized spacial score (nSPS) is 17.4. The zero-order valence-electron chi connectivity index (χ0n) is 10.8. The molecule has 0 atom stereocenters. The monoisotopic (exact) mass is 269 g/mol. The highest BCUT2D eigenvalue weighted by Crippen LogP contribution is 2.27. The quantitative estimate of drug-likeness (QED) is 0.900. The number of aromatic nitrogens is 1. The lowest BCUT2D eigenvalue weighted by Gasteiger charge is -2.32. The molecule has 1 aliphatic heterocycles. The van der Waals surface area contributed by atoms with Crippen molar-refractivity contribution >= 4 is 22.4 Å². The minimum absolute atomic E-state index is 0.320. The Morgan fingerprint density at radius 3 is 2.72 bits per heavy atom. The van der Waals surface area contributed by atoms with Crippen LogP contribution in [0, 0.1) is 5.92 Å². The molecular formula is C12H19N3O2S. The lowest BCUT2D eigenvalue weighted by atomic mass is 9.97. The van der Waals surface area contributed by atoms with Crippen LogP contribution in [0.15, 0.2) is 6.20 Å². The summed E-state index contributed by atoms with van der Waals surface area (Å²) in [6.07, 6.45) is 3.76. The zero-order valence-corrected chi connectivity index (χ0v) is 11.6. The Labute approximate surface area is 111 Å². The fraction of sp³-hybridized carbons (Fsp3) is 0.667. The van der Waals surface area contributed by atoms with Crippen LogP contribution in [0.4, 0.5) is 5.13 Å². The molecule has 0 amide bonds. The first-order valence-electron chi connectivity index (χ1n) is 6.15. The number of piperidine rings is 1. The summed E-state index contributed by atoms with van der Waals surface area (Å²) in [5.74, 6) is -0.142. The minimum Gasteiger partial charge on any atom is -0.477 e. The van der Waals surface area contributed by atoms with Gasteiger partial charge in [-0.1, -0.05) is 11.3 Å². The number of carboxylic acid groups (broad SMARTS) is 1. The summed E-state index contributed by atoms with van der Waals surface area (Å²) in [5, 5.41) is 9.73. The van der Waals surface area contributed by atoms with Crippen molar-refractivity contribution in [1.82, 2.24) is 9.88 Å². The maximum atomic E-state index is 10.8. The molecule has 18 heavy (non-hydrogen) atoms. The predicted octanol–water partition coefficient (Wildman–Crippen LogP) is 1.62. The molecule has 2 heterocycles. The standard InChI is InChI=1S/C12H19N3O2S/c1-14(2)8-9-3-5-15(6-4-9)12-13-7-10(18-12)11(16)17/h7,9H,3-6,8H2,1-2H3,(H,16,17). The first kappa shape index (κ1) is 13.3. The van der Waals surface area contributed by atoms with E-state index in [1.807, 2.05) is 0 Å². The lowest BCUT2D eigenvalue weighted by Crippen LogP contribution is -2.37. The van der Waals surface area contributed by atoms with Gasteiger partial charge in [0.25, 0.3) is 0 Å².